The molecule has 0 fully saturated rings. The van der Waals surface area contributed by atoms with Crippen molar-refractivity contribution >= 4 is 40.2 Å². The van der Waals surface area contributed by atoms with E-state index in [0.29, 0.717) is 0 Å². The zero-order chi connectivity index (χ0) is 10.7. The molecule has 1 rings (SSSR count). The Morgan fingerprint density at radius 1 is 1.64 bits per heavy atom. The molecule has 3 nitrogen and oxygen atoms in total. The van der Waals surface area contributed by atoms with E-state index in [0.717, 1.165) is 3.57 Å². The number of rotatable bonds is 1. The summed E-state index contributed by atoms with van der Waals surface area (Å²) in [4.78, 5) is 11.2. The number of hydrogen-bond donors (Lipinski definition) is 0. The lowest BCUT2D eigenvalue weighted by atomic mass is 10.1. The van der Waals surface area contributed by atoms with Crippen LogP contribution in [0, 0.1) is 14.9 Å². The lowest BCUT2D eigenvalue weighted by Gasteiger charge is -2.04. The van der Waals surface area contributed by atoms with Crippen LogP contribution in [0.5, 0.6) is 0 Å². The van der Waals surface area contributed by atoms with Gasteiger partial charge in [0, 0.05) is 3.57 Å². The Labute approximate surface area is 99.8 Å². The summed E-state index contributed by atoms with van der Waals surface area (Å²) >= 11 is 7.83. The fraction of sp³-hybridized carbons (Fsp3) is 0.111. The van der Waals surface area contributed by atoms with Gasteiger partial charge < -0.3 is 4.74 Å². The number of ether oxygens (including phenoxy) is 1. The highest BCUT2D eigenvalue weighted by Crippen LogP contribution is 2.24. The smallest absolute Gasteiger partial charge is 0.339 e. The number of nitrogens with zero attached hydrogens (tertiary/aromatic N) is 1. The average molecular weight is 322 g/mol. The molecule has 0 spiro atoms. The van der Waals surface area contributed by atoms with Gasteiger partial charge in [-0.1, -0.05) is 11.6 Å². The molecule has 0 unspecified atom stereocenters. The first-order chi connectivity index (χ1) is 6.60. The van der Waals surface area contributed by atoms with Gasteiger partial charge in [0.15, 0.2) is 0 Å². The van der Waals surface area contributed by atoms with E-state index < -0.39 is 5.97 Å². The fourth-order valence-corrected chi connectivity index (χ4v) is 1.78. The Morgan fingerprint density at radius 3 is 2.79 bits per heavy atom. The molecule has 0 aliphatic heterocycles. The van der Waals surface area contributed by atoms with Crippen molar-refractivity contribution in [2.45, 2.75) is 0 Å². The minimum atomic E-state index is -0.537. The van der Waals surface area contributed by atoms with Crippen molar-refractivity contribution in [1.82, 2.24) is 0 Å². The molecule has 1 aromatic carbocycles. The molecule has 0 aliphatic carbocycles. The molecule has 0 radical (unpaired) electrons. The zero-order valence-corrected chi connectivity index (χ0v) is 10.1. The molecule has 0 aliphatic rings. The van der Waals surface area contributed by atoms with Crippen LogP contribution in [0.15, 0.2) is 12.1 Å². The quantitative estimate of drug-likeness (QED) is 0.590. The van der Waals surface area contributed by atoms with Gasteiger partial charge in [-0.15, -0.1) is 0 Å². The van der Waals surface area contributed by atoms with Crippen molar-refractivity contribution in [3.63, 3.8) is 0 Å². The maximum atomic E-state index is 11.2. The Hall–Kier alpha value is -0.800. The number of halogens is 2. The second-order valence-corrected chi connectivity index (χ2v) is 4.04. The van der Waals surface area contributed by atoms with Gasteiger partial charge in [0.05, 0.1) is 23.3 Å². The van der Waals surface area contributed by atoms with Crippen LogP contribution in [-0.4, -0.2) is 13.1 Å². The molecular formula is C9H5ClINO2. The van der Waals surface area contributed by atoms with Crippen LogP contribution in [0.4, 0.5) is 0 Å². The lowest BCUT2D eigenvalue weighted by molar-refractivity contribution is 0.0601. The highest BCUT2D eigenvalue weighted by Gasteiger charge is 2.14. The van der Waals surface area contributed by atoms with E-state index >= 15 is 0 Å². The van der Waals surface area contributed by atoms with Gasteiger partial charge in [0.2, 0.25) is 0 Å². The number of benzene rings is 1. The van der Waals surface area contributed by atoms with Crippen LogP contribution in [0.3, 0.4) is 0 Å². The number of carbonyl (C=O) groups is 1. The van der Waals surface area contributed by atoms with Gasteiger partial charge in [-0.05, 0) is 34.7 Å². The van der Waals surface area contributed by atoms with Gasteiger partial charge in [-0.25, -0.2) is 4.79 Å². The molecule has 14 heavy (non-hydrogen) atoms. The number of carbonyl (C=O) groups excluding carboxylic acids is 1. The topological polar surface area (TPSA) is 50.1 Å². The Bertz CT molecular complexity index is 426. The van der Waals surface area contributed by atoms with E-state index in [-0.39, 0.29) is 16.1 Å². The van der Waals surface area contributed by atoms with Crippen molar-refractivity contribution in [2.75, 3.05) is 7.11 Å². The van der Waals surface area contributed by atoms with E-state index in [2.05, 4.69) is 4.74 Å². The summed E-state index contributed by atoms with van der Waals surface area (Å²) in [5.41, 5.74) is 0.497. The standard InChI is InChI=1S/C9H5ClINO2/c1-14-9(13)7-3-6(11)2-5(4-12)8(7)10/h2-3H,1H3. The highest BCUT2D eigenvalue weighted by molar-refractivity contribution is 14.1. The molecule has 0 heterocycles. The number of nitriles is 1. The summed E-state index contributed by atoms with van der Waals surface area (Å²) in [7, 11) is 1.27. The van der Waals surface area contributed by atoms with Crippen molar-refractivity contribution in [1.29, 1.82) is 5.26 Å². The normalized spacial score (nSPS) is 9.29. The van der Waals surface area contributed by atoms with Crippen LogP contribution in [0.1, 0.15) is 15.9 Å². The third kappa shape index (κ3) is 2.16. The molecule has 0 aromatic heterocycles. The van der Waals surface area contributed by atoms with Crippen LogP contribution >= 0.6 is 34.2 Å². The van der Waals surface area contributed by atoms with E-state index in [1.165, 1.54) is 7.11 Å². The molecule has 0 atom stereocenters. The molecule has 1 aromatic rings. The summed E-state index contributed by atoms with van der Waals surface area (Å²) in [6, 6.07) is 5.10. The van der Waals surface area contributed by atoms with Gasteiger partial charge in [-0.3, -0.25) is 0 Å². The number of esters is 1. The second-order valence-electron chi connectivity index (χ2n) is 2.42. The van der Waals surface area contributed by atoms with E-state index in [1.807, 2.05) is 28.7 Å². The summed E-state index contributed by atoms with van der Waals surface area (Å²) in [6.07, 6.45) is 0. The lowest BCUT2D eigenvalue weighted by Crippen LogP contribution is -2.03. The third-order valence-electron chi connectivity index (χ3n) is 1.56. The van der Waals surface area contributed by atoms with Crippen molar-refractivity contribution in [3.05, 3.63) is 31.9 Å². The molecule has 0 amide bonds. The first-order valence-corrected chi connectivity index (χ1v) is 5.03. The summed E-state index contributed by atoms with van der Waals surface area (Å²) in [6.45, 7) is 0. The Morgan fingerprint density at radius 2 is 2.29 bits per heavy atom. The number of hydrogen-bond acceptors (Lipinski definition) is 3. The molecular weight excluding hydrogens is 316 g/mol. The summed E-state index contributed by atoms with van der Waals surface area (Å²) in [5.74, 6) is -0.537. The first kappa shape index (κ1) is 11.3. The fourth-order valence-electron chi connectivity index (χ4n) is 0.929. The molecule has 0 N–H and O–H groups in total. The van der Waals surface area contributed by atoms with E-state index in [1.54, 1.807) is 12.1 Å². The van der Waals surface area contributed by atoms with Gasteiger partial charge in [0.1, 0.15) is 6.07 Å². The van der Waals surface area contributed by atoms with Crippen molar-refractivity contribution in [2.24, 2.45) is 0 Å². The van der Waals surface area contributed by atoms with Crippen molar-refractivity contribution < 1.29 is 9.53 Å². The van der Waals surface area contributed by atoms with Crippen LogP contribution < -0.4 is 0 Å². The highest BCUT2D eigenvalue weighted by atomic mass is 127. The summed E-state index contributed by atoms with van der Waals surface area (Å²) < 4.78 is 5.30. The van der Waals surface area contributed by atoms with E-state index in [4.69, 9.17) is 16.9 Å². The largest absolute Gasteiger partial charge is 0.465 e. The molecule has 0 bridgehead atoms. The molecule has 0 saturated carbocycles. The second kappa shape index (κ2) is 4.62. The third-order valence-corrected chi connectivity index (χ3v) is 2.59. The molecule has 72 valence electrons. The van der Waals surface area contributed by atoms with Crippen LogP contribution in [0.25, 0.3) is 0 Å². The zero-order valence-electron chi connectivity index (χ0n) is 7.17. The maximum Gasteiger partial charge on any atom is 0.339 e. The van der Waals surface area contributed by atoms with E-state index in [9.17, 15) is 4.79 Å². The van der Waals surface area contributed by atoms with Gasteiger partial charge in [-0.2, -0.15) is 5.26 Å². The SMILES string of the molecule is COC(=O)c1cc(I)cc(C#N)c1Cl. The summed E-state index contributed by atoms with van der Waals surface area (Å²) in [5, 5.41) is 8.87. The molecule has 5 heteroatoms. The maximum absolute atomic E-state index is 11.2. The van der Waals surface area contributed by atoms with Crippen molar-refractivity contribution in [3.8, 4) is 6.07 Å². The Kier molecular flexibility index (Phi) is 3.72. The van der Waals surface area contributed by atoms with Gasteiger partial charge >= 0.3 is 5.97 Å². The predicted octanol–water partition coefficient (Wildman–Crippen LogP) is 2.60. The first-order valence-electron chi connectivity index (χ1n) is 3.57. The van der Waals surface area contributed by atoms with Crippen LogP contribution in [0.2, 0.25) is 5.02 Å². The predicted molar refractivity (Wildman–Crippen MR) is 60.2 cm³/mol. The molecule has 0 saturated heterocycles. The minimum Gasteiger partial charge on any atom is -0.465 e. The monoisotopic (exact) mass is 321 g/mol. The number of methoxy groups -OCH3 is 1. The van der Waals surface area contributed by atoms with Gasteiger partial charge in [0.25, 0.3) is 0 Å². The van der Waals surface area contributed by atoms with Crippen LogP contribution in [-0.2, 0) is 4.74 Å². The average Bonchev–Trinajstić information content (AvgIpc) is 2.19. The Balaban J connectivity index is 3.38. The minimum absolute atomic E-state index is 0.139.